The zero-order valence-electron chi connectivity index (χ0n) is 16.3. The van der Waals surface area contributed by atoms with E-state index >= 15 is 0 Å². The summed E-state index contributed by atoms with van der Waals surface area (Å²) in [7, 11) is 0. The van der Waals surface area contributed by atoms with Crippen LogP contribution in [-0.2, 0) is 11.3 Å². The van der Waals surface area contributed by atoms with E-state index in [4.69, 9.17) is 0 Å². The fourth-order valence-electron chi connectivity index (χ4n) is 3.10. The van der Waals surface area contributed by atoms with Crippen LogP contribution < -0.4 is 15.6 Å². The Kier molecular flexibility index (Phi) is 5.77. The van der Waals surface area contributed by atoms with Crippen molar-refractivity contribution >= 4 is 33.1 Å². The van der Waals surface area contributed by atoms with E-state index < -0.39 is 12.5 Å². The smallest absolute Gasteiger partial charge is 0.387 e. The molecular weight excluding hydrogens is 424 g/mol. The van der Waals surface area contributed by atoms with Crippen LogP contribution in [0.5, 0.6) is 5.75 Å². The van der Waals surface area contributed by atoms with Crippen LogP contribution >= 0.6 is 11.3 Å². The second-order valence-corrected chi connectivity index (χ2v) is 7.68. The standard InChI is InChI=1S/C22H17F2N3O3S/c1-13-2-4-14(5-3-13)17-11-31-20-19(17)21(29)27(12-25-20)10-18(28)26-15-6-8-16(9-7-15)30-22(23)24/h2-9,11-12,22H,10H2,1H3,(H,26,28). The van der Waals surface area contributed by atoms with E-state index in [9.17, 15) is 18.4 Å². The summed E-state index contributed by atoms with van der Waals surface area (Å²) in [4.78, 5) is 30.4. The lowest BCUT2D eigenvalue weighted by atomic mass is 10.1. The van der Waals surface area contributed by atoms with Crippen LogP contribution in [0.2, 0.25) is 0 Å². The maximum absolute atomic E-state index is 13.0. The number of fused-ring (bicyclic) bond motifs is 1. The lowest BCUT2D eigenvalue weighted by Crippen LogP contribution is -2.27. The first kappa shape index (κ1) is 20.7. The molecule has 9 heteroatoms. The summed E-state index contributed by atoms with van der Waals surface area (Å²) in [6.07, 6.45) is 1.35. The number of thiophene rings is 1. The average molecular weight is 441 g/mol. The molecule has 0 fully saturated rings. The fourth-order valence-corrected chi connectivity index (χ4v) is 4.01. The number of benzene rings is 2. The first-order valence-electron chi connectivity index (χ1n) is 9.29. The quantitative estimate of drug-likeness (QED) is 0.472. The molecule has 0 spiro atoms. The van der Waals surface area contributed by atoms with Crippen LogP contribution in [0.1, 0.15) is 5.56 Å². The molecule has 2 aromatic heterocycles. The Labute approximate surface area is 179 Å². The van der Waals surface area contributed by atoms with E-state index in [1.807, 2.05) is 36.6 Å². The van der Waals surface area contributed by atoms with Crippen molar-refractivity contribution in [3.05, 3.63) is 76.2 Å². The summed E-state index contributed by atoms with van der Waals surface area (Å²) in [5.74, 6) is -0.460. The monoisotopic (exact) mass is 441 g/mol. The summed E-state index contributed by atoms with van der Waals surface area (Å²) < 4.78 is 30.0. The van der Waals surface area contributed by atoms with Gasteiger partial charge in [-0.25, -0.2) is 4.98 Å². The summed E-state index contributed by atoms with van der Waals surface area (Å²) in [5.41, 5.74) is 2.89. The summed E-state index contributed by atoms with van der Waals surface area (Å²) in [6, 6.07) is 13.4. The molecule has 31 heavy (non-hydrogen) atoms. The van der Waals surface area contributed by atoms with Crippen molar-refractivity contribution in [3.8, 4) is 16.9 Å². The highest BCUT2D eigenvalue weighted by Gasteiger charge is 2.15. The second kappa shape index (κ2) is 8.65. The molecule has 0 aliphatic carbocycles. The average Bonchev–Trinajstić information content (AvgIpc) is 3.17. The predicted octanol–water partition coefficient (Wildman–Crippen LogP) is 4.67. The van der Waals surface area contributed by atoms with Crippen LogP contribution in [-0.4, -0.2) is 22.1 Å². The van der Waals surface area contributed by atoms with Crippen molar-refractivity contribution in [2.24, 2.45) is 0 Å². The molecule has 0 atom stereocenters. The number of hydrogen-bond acceptors (Lipinski definition) is 5. The Morgan fingerprint density at radius 3 is 2.55 bits per heavy atom. The normalized spacial score (nSPS) is 11.1. The Bertz CT molecular complexity index is 1280. The molecule has 2 heterocycles. The highest BCUT2D eigenvalue weighted by Crippen LogP contribution is 2.30. The molecule has 0 saturated carbocycles. The van der Waals surface area contributed by atoms with Crippen molar-refractivity contribution < 1.29 is 18.3 Å². The van der Waals surface area contributed by atoms with Crippen molar-refractivity contribution in [1.29, 1.82) is 0 Å². The molecule has 0 saturated heterocycles. The highest BCUT2D eigenvalue weighted by molar-refractivity contribution is 7.17. The molecule has 1 amide bonds. The number of aromatic nitrogens is 2. The van der Waals surface area contributed by atoms with Gasteiger partial charge >= 0.3 is 6.61 Å². The fraction of sp³-hybridized carbons (Fsp3) is 0.136. The van der Waals surface area contributed by atoms with Crippen molar-refractivity contribution in [3.63, 3.8) is 0 Å². The number of amides is 1. The van der Waals surface area contributed by atoms with Crippen LogP contribution in [0.15, 0.2) is 65.0 Å². The number of anilines is 1. The lowest BCUT2D eigenvalue weighted by Gasteiger charge is -2.09. The number of aryl methyl sites for hydroxylation is 1. The van der Waals surface area contributed by atoms with Gasteiger partial charge in [-0.15, -0.1) is 11.3 Å². The number of halogens is 2. The van der Waals surface area contributed by atoms with Crippen molar-refractivity contribution in [2.75, 3.05) is 5.32 Å². The van der Waals surface area contributed by atoms with Crippen molar-refractivity contribution in [2.45, 2.75) is 20.1 Å². The Morgan fingerprint density at radius 2 is 1.87 bits per heavy atom. The zero-order chi connectivity index (χ0) is 22.0. The molecule has 158 valence electrons. The molecular formula is C22H17F2N3O3S. The number of carbonyl (C=O) groups is 1. The van der Waals surface area contributed by atoms with Gasteiger partial charge in [-0.3, -0.25) is 14.2 Å². The molecule has 6 nitrogen and oxygen atoms in total. The van der Waals surface area contributed by atoms with E-state index in [1.165, 1.54) is 46.5 Å². The Hall–Kier alpha value is -3.59. The molecule has 1 N–H and O–H groups in total. The van der Waals surface area contributed by atoms with Crippen LogP contribution in [0, 0.1) is 6.92 Å². The number of ether oxygens (including phenoxy) is 1. The van der Waals surface area contributed by atoms with Gasteiger partial charge in [0.15, 0.2) is 0 Å². The molecule has 0 aliphatic rings. The summed E-state index contributed by atoms with van der Waals surface area (Å²) in [6.45, 7) is -1.17. The minimum absolute atomic E-state index is 0.0139. The van der Waals surface area contributed by atoms with E-state index in [0.29, 0.717) is 15.9 Å². The highest BCUT2D eigenvalue weighted by atomic mass is 32.1. The van der Waals surface area contributed by atoms with E-state index in [0.717, 1.165) is 16.7 Å². The van der Waals surface area contributed by atoms with Gasteiger partial charge in [-0.05, 0) is 36.8 Å². The third kappa shape index (κ3) is 4.61. The number of nitrogens with zero attached hydrogens (tertiary/aromatic N) is 2. The van der Waals surface area contributed by atoms with Crippen LogP contribution in [0.25, 0.3) is 21.3 Å². The number of hydrogen-bond donors (Lipinski definition) is 1. The number of alkyl halides is 2. The minimum Gasteiger partial charge on any atom is -0.435 e. The molecule has 0 aliphatic heterocycles. The van der Waals surface area contributed by atoms with Gasteiger partial charge in [-0.2, -0.15) is 8.78 Å². The largest absolute Gasteiger partial charge is 0.435 e. The third-order valence-electron chi connectivity index (χ3n) is 4.60. The van der Waals surface area contributed by atoms with Gasteiger partial charge in [0.05, 0.1) is 11.7 Å². The van der Waals surface area contributed by atoms with Gasteiger partial charge in [0.2, 0.25) is 5.91 Å². The molecule has 0 bridgehead atoms. The second-order valence-electron chi connectivity index (χ2n) is 6.82. The van der Waals surface area contributed by atoms with E-state index in [1.54, 1.807) is 0 Å². The van der Waals surface area contributed by atoms with Gasteiger partial charge < -0.3 is 10.1 Å². The molecule has 2 aromatic carbocycles. The van der Waals surface area contributed by atoms with E-state index in [-0.39, 0.29) is 17.9 Å². The van der Waals surface area contributed by atoms with E-state index in [2.05, 4.69) is 15.0 Å². The molecule has 0 radical (unpaired) electrons. The first-order chi connectivity index (χ1) is 14.9. The summed E-state index contributed by atoms with van der Waals surface area (Å²) in [5, 5.41) is 4.98. The number of nitrogens with one attached hydrogen (secondary N) is 1. The van der Waals surface area contributed by atoms with Crippen LogP contribution in [0.4, 0.5) is 14.5 Å². The summed E-state index contributed by atoms with van der Waals surface area (Å²) >= 11 is 1.37. The van der Waals surface area contributed by atoms with Gasteiger partial charge in [0, 0.05) is 16.6 Å². The maximum Gasteiger partial charge on any atom is 0.387 e. The van der Waals surface area contributed by atoms with Gasteiger partial charge in [-0.1, -0.05) is 29.8 Å². The third-order valence-corrected chi connectivity index (χ3v) is 5.49. The Morgan fingerprint density at radius 1 is 1.16 bits per heavy atom. The molecule has 0 unspecified atom stereocenters. The number of carbonyl (C=O) groups excluding carboxylic acids is 1. The van der Waals surface area contributed by atoms with Gasteiger partial charge in [0.1, 0.15) is 17.1 Å². The molecule has 4 rings (SSSR count). The SMILES string of the molecule is Cc1ccc(-c2csc3ncn(CC(=O)Nc4ccc(OC(F)F)cc4)c(=O)c23)cc1. The topological polar surface area (TPSA) is 73.2 Å². The van der Waals surface area contributed by atoms with Gasteiger partial charge in [0.25, 0.3) is 5.56 Å². The predicted molar refractivity (Wildman–Crippen MR) is 116 cm³/mol. The van der Waals surface area contributed by atoms with Crippen molar-refractivity contribution in [1.82, 2.24) is 9.55 Å². The Balaban J connectivity index is 1.55. The molecule has 4 aromatic rings. The minimum atomic E-state index is -2.92. The lowest BCUT2D eigenvalue weighted by molar-refractivity contribution is -0.116. The number of rotatable bonds is 6. The zero-order valence-corrected chi connectivity index (χ0v) is 17.2. The maximum atomic E-state index is 13.0. The van der Waals surface area contributed by atoms with Crippen LogP contribution in [0.3, 0.4) is 0 Å². The first-order valence-corrected chi connectivity index (χ1v) is 10.2.